The molecule has 6 nitrogen and oxygen atoms in total. The predicted molar refractivity (Wildman–Crippen MR) is 140 cm³/mol. The van der Waals surface area contributed by atoms with Crippen LogP contribution < -0.4 is 5.56 Å². The number of halogens is 1. The van der Waals surface area contributed by atoms with E-state index in [0.29, 0.717) is 28.8 Å². The minimum atomic E-state index is -4.01. The Bertz CT molecular complexity index is 1510. The van der Waals surface area contributed by atoms with Crippen LogP contribution in [0.4, 0.5) is 4.39 Å². The summed E-state index contributed by atoms with van der Waals surface area (Å²) in [5, 5.41) is 0.452. The highest BCUT2D eigenvalue weighted by molar-refractivity contribution is 7.89. The maximum atomic E-state index is 13.8. The Labute approximate surface area is 211 Å². The minimum Gasteiger partial charge on any atom is -0.268 e. The molecule has 0 fully saturated rings. The third-order valence-electron chi connectivity index (χ3n) is 6.30. The zero-order valence-electron chi connectivity index (χ0n) is 20.7. The Balaban J connectivity index is 1.92. The second-order valence-corrected chi connectivity index (χ2v) is 10.8. The lowest BCUT2D eigenvalue weighted by Crippen LogP contribution is -2.38. The normalized spacial score (nSPS) is 12.8. The van der Waals surface area contributed by atoms with Crippen molar-refractivity contribution in [2.24, 2.45) is 0 Å². The van der Waals surface area contributed by atoms with Gasteiger partial charge in [-0.15, -0.1) is 0 Å². The SMILES string of the molecule is CCCCCN(C(C)c1nc2ccccc2c(=O)n1-c1ccc(C)cc1)S(=O)(=O)c1ccc(F)cc1. The molecule has 0 aliphatic carbocycles. The third kappa shape index (κ3) is 5.10. The van der Waals surface area contributed by atoms with Crippen molar-refractivity contribution in [3.8, 4) is 5.69 Å². The van der Waals surface area contributed by atoms with Crippen molar-refractivity contribution in [1.29, 1.82) is 0 Å². The van der Waals surface area contributed by atoms with Crippen molar-refractivity contribution in [2.75, 3.05) is 6.54 Å². The smallest absolute Gasteiger partial charge is 0.266 e. The van der Waals surface area contributed by atoms with Crippen LogP contribution in [-0.4, -0.2) is 28.8 Å². The molecule has 0 radical (unpaired) electrons. The largest absolute Gasteiger partial charge is 0.268 e. The number of aromatic nitrogens is 2. The van der Waals surface area contributed by atoms with Gasteiger partial charge in [0.2, 0.25) is 10.0 Å². The lowest BCUT2D eigenvalue weighted by Gasteiger charge is -2.30. The summed E-state index contributed by atoms with van der Waals surface area (Å²) in [7, 11) is -4.01. The van der Waals surface area contributed by atoms with Gasteiger partial charge in [0.05, 0.1) is 27.5 Å². The quantitative estimate of drug-likeness (QED) is 0.270. The second-order valence-electron chi connectivity index (χ2n) is 8.92. The van der Waals surface area contributed by atoms with E-state index in [1.807, 2.05) is 38.1 Å². The van der Waals surface area contributed by atoms with Crippen molar-refractivity contribution in [3.63, 3.8) is 0 Å². The fourth-order valence-corrected chi connectivity index (χ4v) is 5.91. The van der Waals surface area contributed by atoms with E-state index in [2.05, 4.69) is 0 Å². The third-order valence-corrected chi connectivity index (χ3v) is 8.29. The van der Waals surface area contributed by atoms with Crippen LogP contribution in [-0.2, 0) is 10.0 Å². The van der Waals surface area contributed by atoms with Crippen molar-refractivity contribution < 1.29 is 12.8 Å². The highest BCUT2D eigenvalue weighted by atomic mass is 32.2. The number of para-hydroxylation sites is 1. The topological polar surface area (TPSA) is 72.3 Å². The molecule has 0 saturated heterocycles. The maximum absolute atomic E-state index is 13.8. The number of rotatable bonds is 9. The average molecular weight is 508 g/mol. The second kappa shape index (κ2) is 10.7. The van der Waals surface area contributed by atoms with Crippen molar-refractivity contribution in [2.45, 2.75) is 51.0 Å². The van der Waals surface area contributed by atoms with Crippen LogP contribution >= 0.6 is 0 Å². The number of sulfonamides is 1. The Hall–Kier alpha value is -3.36. The van der Waals surface area contributed by atoms with Crippen LogP contribution in [0.2, 0.25) is 0 Å². The first-order valence-corrected chi connectivity index (χ1v) is 13.5. The predicted octanol–water partition coefficient (Wildman–Crippen LogP) is 5.78. The molecule has 0 aliphatic heterocycles. The van der Waals surface area contributed by atoms with Gasteiger partial charge in [0.15, 0.2) is 0 Å². The number of fused-ring (bicyclic) bond motifs is 1. The standard InChI is InChI=1S/C28H30FN3O3S/c1-4-5-8-19-31(36(34,35)24-17-13-22(29)14-18-24)21(3)27-30-26-10-7-6-9-25(26)28(33)32(27)23-15-11-20(2)12-16-23/h6-7,9-18,21H,4-5,8,19H2,1-3H3. The van der Waals surface area contributed by atoms with E-state index in [9.17, 15) is 17.6 Å². The Morgan fingerprint density at radius 1 is 0.972 bits per heavy atom. The van der Waals surface area contributed by atoms with Crippen LogP contribution in [0.1, 0.15) is 50.5 Å². The molecular formula is C28H30FN3O3S. The summed E-state index contributed by atoms with van der Waals surface area (Å²) in [4.78, 5) is 18.5. The molecular weight excluding hydrogens is 477 g/mol. The summed E-state index contributed by atoms with van der Waals surface area (Å²) in [5.41, 5.74) is 1.88. The zero-order chi connectivity index (χ0) is 25.9. The molecule has 1 aromatic heterocycles. The summed E-state index contributed by atoms with van der Waals surface area (Å²) < 4.78 is 44.0. The fraction of sp³-hybridized carbons (Fsp3) is 0.286. The van der Waals surface area contributed by atoms with Gasteiger partial charge in [-0.1, -0.05) is 49.6 Å². The van der Waals surface area contributed by atoms with Crippen LogP contribution in [0.5, 0.6) is 0 Å². The monoisotopic (exact) mass is 507 g/mol. The van der Waals surface area contributed by atoms with Gasteiger partial charge < -0.3 is 0 Å². The van der Waals surface area contributed by atoms with Crippen molar-refractivity contribution >= 4 is 20.9 Å². The van der Waals surface area contributed by atoms with E-state index in [1.54, 1.807) is 31.2 Å². The van der Waals surface area contributed by atoms with E-state index in [4.69, 9.17) is 4.98 Å². The van der Waals surface area contributed by atoms with Crippen molar-refractivity contribution in [1.82, 2.24) is 13.9 Å². The molecule has 0 saturated carbocycles. The van der Waals surface area contributed by atoms with Crippen molar-refractivity contribution in [3.05, 3.63) is 100 Å². The van der Waals surface area contributed by atoms with Gasteiger partial charge in [-0.2, -0.15) is 4.31 Å². The Morgan fingerprint density at radius 2 is 1.64 bits per heavy atom. The lowest BCUT2D eigenvalue weighted by molar-refractivity contribution is 0.320. The number of hydrogen-bond acceptors (Lipinski definition) is 4. The number of nitrogens with zero attached hydrogens (tertiary/aromatic N) is 3. The maximum Gasteiger partial charge on any atom is 0.266 e. The summed E-state index contributed by atoms with van der Waals surface area (Å²) in [6.07, 6.45) is 2.41. The lowest BCUT2D eigenvalue weighted by atomic mass is 10.1. The first-order chi connectivity index (χ1) is 17.2. The summed E-state index contributed by atoms with van der Waals surface area (Å²) in [6, 6.07) is 18.6. The molecule has 0 bridgehead atoms. The molecule has 1 atom stereocenters. The minimum absolute atomic E-state index is 0.00253. The molecule has 0 amide bonds. The summed E-state index contributed by atoms with van der Waals surface area (Å²) >= 11 is 0. The number of aryl methyl sites for hydroxylation is 1. The highest BCUT2D eigenvalue weighted by Crippen LogP contribution is 2.29. The fourth-order valence-electron chi connectivity index (χ4n) is 4.28. The van der Waals surface area contributed by atoms with E-state index in [-0.39, 0.29) is 17.0 Å². The number of hydrogen-bond donors (Lipinski definition) is 0. The molecule has 188 valence electrons. The van der Waals surface area contributed by atoms with Gasteiger partial charge in [0.25, 0.3) is 5.56 Å². The van der Waals surface area contributed by atoms with E-state index in [0.717, 1.165) is 30.5 Å². The van der Waals surface area contributed by atoms with E-state index in [1.165, 1.54) is 21.0 Å². The van der Waals surface area contributed by atoms with Crippen LogP contribution in [0.25, 0.3) is 16.6 Å². The molecule has 0 spiro atoms. The molecule has 4 aromatic rings. The molecule has 3 aromatic carbocycles. The van der Waals surface area contributed by atoms with Gasteiger partial charge in [-0.25, -0.2) is 17.8 Å². The Morgan fingerprint density at radius 3 is 2.31 bits per heavy atom. The van der Waals surface area contributed by atoms with Gasteiger partial charge in [-0.05, 0) is 68.8 Å². The van der Waals surface area contributed by atoms with Gasteiger partial charge in [0, 0.05) is 6.54 Å². The summed E-state index contributed by atoms with van der Waals surface area (Å²) in [6.45, 7) is 5.99. The molecule has 4 rings (SSSR count). The highest BCUT2D eigenvalue weighted by Gasteiger charge is 2.32. The molecule has 1 heterocycles. The van der Waals surface area contributed by atoms with Gasteiger partial charge in [0.1, 0.15) is 11.6 Å². The zero-order valence-corrected chi connectivity index (χ0v) is 21.5. The number of unbranched alkanes of at least 4 members (excludes halogenated alkanes) is 2. The van der Waals surface area contributed by atoms with Crippen LogP contribution in [0.3, 0.4) is 0 Å². The van der Waals surface area contributed by atoms with E-state index < -0.39 is 21.9 Å². The average Bonchev–Trinajstić information content (AvgIpc) is 2.87. The first kappa shape index (κ1) is 25.7. The van der Waals surface area contributed by atoms with Gasteiger partial charge >= 0.3 is 0 Å². The number of benzene rings is 3. The molecule has 1 unspecified atom stereocenters. The van der Waals surface area contributed by atoms with Crippen LogP contribution in [0, 0.1) is 12.7 Å². The molecule has 36 heavy (non-hydrogen) atoms. The Kier molecular flexibility index (Phi) is 7.66. The molecule has 8 heteroatoms. The molecule has 0 N–H and O–H groups in total. The van der Waals surface area contributed by atoms with E-state index >= 15 is 0 Å². The summed E-state index contributed by atoms with van der Waals surface area (Å²) in [5.74, 6) is -0.186. The first-order valence-electron chi connectivity index (χ1n) is 12.1. The molecule has 0 aliphatic rings. The van der Waals surface area contributed by atoms with Gasteiger partial charge in [-0.3, -0.25) is 9.36 Å². The van der Waals surface area contributed by atoms with Crippen LogP contribution in [0.15, 0.2) is 82.5 Å².